The minimum absolute atomic E-state index is 0.0419. The number of esters is 1. The molecular weight excluding hydrogens is 274 g/mol. The van der Waals surface area contributed by atoms with Crippen LogP contribution in [0.15, 0.2) is 24.3 Å². The van der Waals surface area contributed by atoms with Crippen molar-refractivity contribution in [3.8, 4) is 0 Å². The third kappa shape index (κ3) is 2.19. The molecule has 0 amide bonds. The molecule has 1 saturated heterocycles. The van der Waals surface area contributed by atoms with Crippen LogP contribution in [0.25, 0.3) is 0 Å². The maximum absolute atomic E-state index is 12.2. The summed E-state index contributed by atoms with van der Waals surface area (Å²) in [6, 6.07) is 5.47. The Morgan fingerprint density at radius 2 is 2.05 bits per heavy atom. The average molecular weight is 291 g/mol. The van der Waals surface area contributed by atoms with E-state index in [1.807, 2.05) is 13.8 Å². The van der Waals surface area contributed by atoms with Gasteiger partial charge in [-0.25, -0.2) is 4.79 Å². The van der Waals surface area contributed by atoms with Gasteiger partial charge in [0, 0.05) is 30.1 Å². The molecule has 1 aromatic rings. The Balaban J connectivity index is 1.70. The zero-order chi connectivity index (χ0) is 15.2. The number of nitrogens with zero attached hydrogens (tertiary/aromatic N) is 1. The SMILES string of the molecule is CC1(C)[C@@H]2OCC[C@H]2[C@@H]1OC(=O)c1ccc([N+](=O)[O-])cc1. The summed E-state index contributed by atoms with van der Waals surface area (Å²) in [5, 5.41) is 10.6. The van der Waals surface area contributed by atoms with Crippen LogP contribution in [0, 0.1) is 21.4 Å². The summed E-state index contributed by atoms with van der Waals surface area (Å²) in [5.41, 5.74) is 0.107. The van der Waals surface area contributed by atoms with Crippen LogP contribution in [-0.2, 0) is 9.47 Å². The number of carbonyl (C=O) groups is 1. The smallest absolute Gasteiger partial charge is 0.338 e. The lowest BCUT2D eigenvalue weighted by Crippen LogP contribution is -2.61. The van der Waals surface area contributed by atoms with E-state index in [0.29, 0.717) is 12.2 Å². The van der Waals surface area contributed by atoms with Crippen LogP contribution < -0.4 is 0 Å². The van der Waals surface area contributed by atoms with Gasteiger partial charge < -0.3 is 9.47 Å². The highest BCUT2D eigenvalue weighted by atomic mass is 16.6. The maximum Gasteiger partial charge on any atom is 0.338 e. The fraction of sp³-hybridized carbons (Fsp3) is 0.533. The van der Waals surface area contributed by atoms with Crippen LogP contribution in [0.1, 0.15) is 30.6 Å². The van der Waals surface area contributed by atoms with Crippen LogP contribution >= 0.6 is 0 Å². The number of carbonyl (C=O) groups excluding carboxylic acids is 1. The Bertz CT molecular complexity index is 580. The molecule has 0 spiro atoms. The number of hydrogen-bond acceptors (Lipinski definition) is 5. The van der Waals surface area contributed by atoms with Gasteiger partial charge in [0.15, 0.2) is 0 Å². The largest absolute Gasteiger partial charge is 0.458 e. The molecule has 21 heavy (non-hydrogen) atoms. The molecule has 2 aliphatic rings. The second kappa shape index (κ2) is 4.80. The van der Waals surface area contributed by atoms with E-state index in [1.54, 1.807) is 0 Å². The Morgan fingerprint density at radius 1 is 1.38 bits per heavy atom. The Labute approximate surface area is 122 Å². The Hall–Kier alpha value is -1.95. The summed E-state index contributed by atoms with van der Waals surface area (Å²) in [6.07, 6.45) is 0.909. The van der Waals surface area contributed by atoms with Crippen LogP contribution in [-0.4, -0.2) is 29.7 Å². The number of rotatable bonds is 3. The van der Waals surface area contributed by atoms with Crippen molar-refractivity contribution in [3.63, 3.8) is 0 Å². The quantitative estimate of drug-likeness (QED) is 0.486. The number of benzene rings is 1. The highest BCUT2D eigenvalue weighted by Gasteiger charge is 2.61. The second-order valence-corrected chi connectivity index (χ2v) is 6.20. The normalized spacial score (nSPS) is 29.3. The van der Waals surface area contributed by atoms with Gasteiger partial charge in [-0.05, 0) is 18.6 Å². The molecule has 6 heteroatoms. The molecule has 0 radical (unpaired) electrons. The van der Waals surface area contributed by atoms with Crippen molar-refractivity contribution in [2.45, 2.75) is 32.5 Å². The molecule has 1 aliphatic carbocycles. The van der Waals surface area contributed by atoms with E-state index in [-0.39, 0.29) is 29.2 Å². The number of nitro groups is 1. The monoisotopic (exact) mass is 291 g/mol. The van der Waals surface area contributed by atoms with E-state index in [0.717, 1.165) is 6.42 Å². The second-order valence-electron chi connectivity index (χ2n) is 6.20. The van der Waals surface area contributed by atoms with Gasteiger partial charge in [0.05, 0.1) is 16.6 Å². The molecule has 2 fully saturated rings. The number of nitro benzene ring substituents is 1. The molecule has 0 bridgehead atoms. The summed E-state index contributed by atoms with van der Waals surface area (Å²) in [5.74, 6) is -0.171. The van der Waals surface area contributed by atoms with Gasteiger partial charge in [-0.3, -0.25) is 10.1 Å². The topological polar surface area (TPSA) is 78.7 Å². The van der Waals surface area contributed by atoms with Crippen molar-refractivity contribution in [2.24, 2.45) is 11.3 Å². The molecule has 3 atom stereocenters. The van der Waals surface area contributed by atoms with Gasteiger partial charge in [-0.1, -0.05) is 13.8 Å². The standard InChI is InChI=1S/C15H17NO5/c1-15(2)12-11(7-8-20-12)13(15)21-14(17)9-3-5-10(6-4-9)16(18)19/h3-6,11-13H,7-8H2,1-2H3/t11-,12-,13+/m1/s1. The van der Waals surface area contributed by atoms with Gasteiger partial charge in [-0.2, -0.15) is 0 Å². The first-order chi connectivity index (χ1) is 9.91. The van der Waals surface area contributed by atoms with Crippen molar-refractivity contribution >= 4 is 11.7 Å². The van der Waals surface area contributed by atoms with Gasteiger partial charge >= 0.3 is 5.97 Å². The third-order valence-electron chi connectivity index (χ3n) is 4.54. The maximum atomic E-state index is 12.2. The Morgan fingerprint density at radius 3 is 2.67 bits per heavy atom. The molecule has 112 valence electrons. The predicted octanol–water partition coefficient (Wildman–Crippen LogP) is 2.57. The minimum Gasteiger partial charge on any atom is -0.458 e. The number of non-ortho nitro benzene ring substituents is 1. The molecule has 1 heterocycles. The van der Waals surface area contributed by atoms with Crippen molar-refractivity contribution in [3.05, 3.63) is 39.9 Å². The molecule has 0 aromatic heterocycles. The first-order valence-corrected chi connectivity index (χ1v) is 6.98. The molecule has 1 aliphatic heterocycles. The van der Waals surface area contributed by atoms with E-state index >= 15 is 0 Å². The lowest BCUT2D eigenvalue weighted by Gasteiger charge is -2.53. The number of hydrogen-bond donors (Lipinski definition) is 0. The fourth-order valence-corrected chi connectivity index (χ4v) is 3.42. The third-order valence-corrected chi connectivity index (χ3v) is 4.54. The van der Waals surface area contributed by atoms with Gasteiger partial charge in [0.25, 0.3) is 5.69 Å². The summed E-state index contributed by atoms with van der Waals surface area (Å²) < 4.78 is 11.3. The number of fused-ring (bicyclic) bond motifs is 1. The zero-order valence-electron chi connectivity index (χ0n) is 11.9. The van der Waals surface area contributed by atoms with E-state index in [1.165, 1.54) is 24.3 Å². The lowest BCUT2D eigenvalue weighted by molar-refractivity contribution is -0.384. The van der Waals surface area contributed by atoms with E-state index in [9.17, 15) is 14.9 Å². The minimum atomic E-state index is -0.495. The summed E-state index contributed by atoms with van der Waals surface area (Å²) in [6.45, 7) is 4.78. The highest BCUT2D eigenvalue weighted by Crippen LogP contribution is 2.53. The van der Waals surface area contributed by atoms with Crippen molar-refractivity contribution in [1.29, 1.82) is 0 Å². The highest BCUT2D eigenvalue weighted by molar-refractivity contribution is 5.89. The summed E-state index contributed by atoms with van der Waals surface area (Å²) in [7, 11) is 0. The van der Waals surface area contributed by atoms with E-state index in [2.05, 4.69) is 0 Å². The molecule has 0 unspecified atom stereocenters. The predicted molar refractivity (Wildman–Crippen MR) is 73.9 cm³/mol. The first kappa shape index (κ1) is 14.0. The van der Waals surface area contributed by atoms with Gasteiger partial charge in [-0.15, -0.1) is 0 Å². The average Bonchev–Trinajstić information content (AvgIpc) is 2.91. The number of ether oxygens (including phenoxy) is 2. The molecule has 1 saturated carbocycles. The fourth-order valence-electron chi connectivity index (χ4n) is 3.42. The zero-order valence-corrected chi connectivity index (χ0v) is 11.9. The first-order valence-electron chi connectivity index (χ1n) is 6.98. The molecule has 6 nitrogen and oxygen atoms in total. The summed E-state index contributed by atoms with van der Waals surface area (Å²) in [4.78, 5) is 22.3. The van der Waals surface area contributed by atoms with Crippen LogP contribution in [0.4, 0.5) is 5.69 Å². The van der Waals surface area contributed by atoms with Crippen LogP contribution in [0.2, 0.25) is 0 Å². The molecule has 3 rings (SSSR count). The Kier molecular flexibility index (Phi) is 3.20. The van der Waals surface area contributed by atoms with Crippen molar-refractivity contribution in [1.82, 2.24) is 0 Å². The molecular formula is C15H17NO5. The van der Waals surface area contributed by atoms with Crippen molar-refractivity contribution in [2.75, 3.05) is 6.61 Å². The van der Waals surface area contributed by atoms with Crippen molar-refractivity contribution < 1.29 is 19.2 Å². The van der Waals surface area contributed by atoms with E-state index < -0.39 is 10.9 Å². The molecule has 0 N–H and O–H groups in total. The lowest BCUT2D eigenvalue weighted by atomic mass is 9.59. The molecule has 1 aromatic carbocycles. The van der Waals surface area contributed by atoms with Crippen LogP contribution in [0.3, 0.4) is 0 Å². The van der Waals surface area contributed by atoms with Gasteiger partial charge in [0.2, 0.25) is 0 Å². The van der Waals surface area contributed by atoms with Crippen LogP contribution in [0.5, 0.6) is 0 Å². The summed E-state index contributed by atoms with van der Waals surface area (Å²) >= 11 is 0. The van der Waals surface area contributed by atoms with E-state index in [4.69, 9.17) is 9.47 Å². The van der Waals surface area contributed by atoms with Gasteiger partial charge in [0.1, 0.15) is 6.10 Å².